The minimum atomic E-state index is -0.536. The van der Waals surface area contributed by atoms with Gasteiger partial charge in [0.25, 0.3) is 6.71 Å². The number of anilines is 6. The van der Waals surface area contributed by atoms with Crippen LogP contribution < -0.4 is 26.2 Å². The molecule has 2 aromatic heterocycles. The summed E-state index contributed by atoms with van der Waals surface area (Å²) in [6.07, 6.45) is 0. The summed E-state index contributed by atoms with van der Waals surface area (Å²) in [5.74, 6) is 0. The van der Waals surface area contributed by atoms with Crippen molar-refractivity contribution in [1.82, 2.24) is 9.13 Å². The number of hydrogen-bond acceptors (Lipinski definition) is 2. The van der Waals surface area contributed by atoms with E-state index in [0.29, 0.717) is 0 Å². The second kappa shape index (κ2) is 17.5. The molecule has 18 rings (SSSR count). The van der Waals surface area contributed by atoms with Crippen LogP contribution in [-0.4, -0.2) is 15.8 Å². The fourth-order valence-electron chi connectivity index (χ4n) is 16.0. The third-order valence-corrected chi connectivity index (χ3v) is 19.7. The van der Waals surface area contributed by atoms with Crippen LogP contribution in [-0.2, 0) is 16.2 Å². The Morgan fingerprint density at radius 3 is 1.44 bits per heavy atom. The lowest BCUT2D eigenvalue weighted by atomic mass is 9.33. The highest BCUT2D eigenvalue weighted by molar-refractivity contribution is 7.00. The summed E-state index contributed by atoms with van der Waals surface area (Å²) in [5.41, 5.74) is 30.5. The lowest BCUT2D eigenvalue weighted by Crippen LogP contribution is -2.60. The third-order valence-electron chi connectivity index (χ3n) is 19.7. The topological polar surface area (TPSA) is 16.3 Å². The molecule has 1 spiro atoms. The predicted molar refractivity (Wildman–Crippen MR) is 363 cm³/mol. The summed E-state index contributed by atoms with van der Waals surface area (Å²) in [6.45, 7) is 14.0. The standard InChI is InChI=1S/C81H61BN4/c1-79(2,3)50-42-51(80(4,5)6)44-55(43-50)85-70-40-24-19-35-60(70)63-48-69-78-75(77(63)85)61-36-20-25-41-71(61)86(78)74-46-56(83(52-26-10-7-11-27-52)53-28-12-8-13-29-53)45-73-76(74)82(69)68-47-62-59-34-18-23-39-66(59)81(67(62)49-72(68)84(73)54-30-14-9-15-31-54)64-37-21-16-32-57(64)58-33-17-22-38-65(58)81/h7-49H,1-6H3. The average molecular weight is 1100 g/mol. The summed E-state index contributed by atoms with van der Waals surface area (Å²) in [5, 5.41) is 5.04. The average Bonchev–Trinajstić information content (AvgIpc) is 1.48. The van der Waals surface area contributed by atoms with Crippen LogP contribution in [0.1, 0.15) is 74.9 Å². The van der Waals surface area contributed by atoms with E-state index in [9.17, 15) is 0 Å². The maximum absolute atomic E-state index is 2.67. The highest BCUT2D eigenvalue weighted by Gasteiger charge is 2.53. The Morgan fingerprint density at radius 1 is 0.349 bits per heavy atom. The van der Waals surface area contributed by atoms with Gasteiger partial charge in [-0.05, 0) is 162 Å². The molecule has 14 aromatic rings. The van der Waals surface area contributed by atoms with E-state index in [0.717, 1.165) is 22.7 Å². The Kier molecular flexibility index (Phi) is 10.0. The second-order valence-electron chi connectivity index (χ2n) is 26.4. The fraction of sp³-hybridized carbons (Fsp3) is 0.111. The van der Waals surface area contributed by atoms with E-state index in [-0.39, 0.29) is 17.5 Å². The van der Waals surface area contributed by atoms with Crippen molar-refractivity contribution in [2.45, 2.75) is 57.8 Å². The Hall–Kier alpha value is -10.1. The van der Waals surface area contributed by atoms with Crippen LogP contribution in [0.15, 0.2) is 261 Å². The summed E-state index contributed by atoms with van der Waals surface area (Å²) >= 11 is 0. The Labute approximate surface area is 502 Å². The summed E-state index contributed by atoms with van der Waals surface area (Å²) < 4.78 is 5.29. The zero-order valence-corrected chi connectivity index (χ0v) is 49.2. The maximum atomic E-state index is 2.67. The van der Waals surface area contributed by atoms with Crippen molar-refractivity contribution in [2.24, 2.45) is 0 Å². The van der Waals surface area contributed by atoms with Crippen LogP contribution in [0.4, 0.5) is 34.1 Å². The molecule has 0 saturated heterocycles. The molecule has 2 aliphatic heterocycles. The van der Waals surface area contributed by atoms with Crippen molar-refractivity contribution in [2.75, 3.05) is 9.80 Å². The molecule has 0 fully saturated rings. The normalized spacial score (nSPS) is 14.0. The quantitative estimate of drug-likeness (QED) is 0.160. The second-order valence-corrected chi connectivity index (χ2v) is 26.4. The van der Waals surface area contributed by atoms with Gasteiger partial charge in [-0.2, -0.15) is 0 Å². The Morgan fingerprint density at radius 2 is 0.849 bits per heavy atom. The SMILES string of the molecule is CC(C)(C)c1cc(-n2c3ccccc3c3cc4c5c(c6ccccc6n5-c5cc(N(c6ccccc6)c6ccccc6)cc6c5B4c4cc5c(cc4N6c4ccccc4)C4(c6ccccc6-c6ccccc64)c4ccccc4-5)c32)cc(C(C)(C)C)c1. The van der Waals surface area contributed by atoms with Gasteiger partial charge in [0.15, 0.2) is 0 Å². The zero-order valence-electron chi connectivity index (χ0n) is 49.2. The van der Waals surface area contributed by atoms with Gasteiger partial charge in [0.1, 0.15) is 0 Å². The van der Waals surface area contributed by atoms with Gasteiger partial charge in [-0.25, -0.2) is 0 Å². The van der Waals surface area contributed by atoms with Crippen molar-refractivity contribution in [3.63, 3.8) is 0 Å². The van der Waals surface area contributed by atoms with E-state index in [4.69, 9.17) is 0 Å². The van der Waals surface area contributed by atoms with Crippen molar-refractivity contribution >= 4 is 101 Å². The first-order valence-electron chi connectivity index (χ1n) is 30.5. The van der Waals surface area contributed by atoms with Gasteiger partial charge in [-0.15, -0.1) is 0 Å². The molecule has 408 valence electrons. The molecule has 4 aliphatic rings. The number of fused-ring (bicyclic) bond motifs is 21. The van der Waals surface area contributed by atoms with Crippen LogP contribution >= 0.6 is 0 Å². The van der Waals surface area contributed by atoms with Gasteiger partial charge in [-0.3, -0.25) is 0 Å². The van der Waals surface area contributed by atoms with Gasteiger partial charge in [0, 0.05) is 61.4 Å². The fourth-order valence-corrected chi connectivity index (χ4v) is 16.0. The number of hydrogen-bond donors (Lipinski definition) is 0. The van der Waals surface area contributed by atoms with Gasteiger partial charge in [-0.1, -0.05) is 224 Å². The predicted octanol–water partition coefficient (Wildman–Crippen LogP) is 18.9. The van der Waals surface area contributed by atoms with E-state index in [1.54, 1.807) is 0 Å². The molecule has 0 amide bonds. The molecule has 0 N–H and O–H groups in total. The molecule has 5 heteroatoms. The Balaban J connectivity index is 1.03. The van der Waals surface area contributed by atoms with Crippen LogP contribution in [0.25, 0.3) is 77.2 Å². The molecule has 4 nitrogen and oxygen atoms in total. The van der Waals surface area contributed by atoms with Crippen molar-refractivity contribution in [3.8, 4) is 33.6 Å². The lowest BCUT2D eigenvalue weighted by Gasteiger charge is -2.42. The van der Waals surface area contributed by atoms with Gasteiger partial charge >= 0.3 is 0 Å². The molecular weight excluding hydrogens is 1040 g/mol. The van der Waals surface area contributed by atoms with Gasteiger partial charge in [0.2, 0.25) is 0 Å². The van der Waals surface area contributed by atoms with E-state index < -0.39 is 5.41 Å². The lowest BCUT2D eigenvalue weighted by molar-refractivity contribution is 0.568. The molecule has 0 bridgehead atoms. The third kappa shape index (κ3) is 6.55. The van der Waals surface area contributed by atoms with Gasteiger partial charge in [0.05, 0.1) is 33.2 Å². The first-order valence-corrected chi connectivity index (χ1v) is 30.5. The zero-order chi connectivity index (χ0) is 57.5. The minimum absolute atomic E-state index is 0.0759. The van der Waals surface area contributed by atoms with Crippen molar-refractivity contribution in [1.29, 1.82) is 0 Å². The monoisotopic (exact) mass is 1100 g/mol. The van der Waals surface area contributed by atoms with Crippen LogP contribution in [0.5, 0.6) is 0 Å². The number of benzene rings is 12. The first kappa shape index (κ1) is 49.3. The van der Waals surface area contributed by atoms with E-state index in [1.165, 1.54) is 138 Å². The van der Waals surface area contributed by atoms with Crippen LogP contribution in [0, 0.1) is 0 Å². The largest absolute Gasteiger partial charge is 0.311 e. The number of nitrogens with zero attached hydrogens (tertiary/aromatic N) is 4. The first-order chi connectivity index (χ1) is 42.0. The van der Waals surface area contributed by atoms with E-state index in [1.807, 2.05) is 0 Å². The molecule has 86 heavy (non-hydrogen) atoms. The number of aromatic nitrogens is 2. The molecule has 4 heterocycles. The summed E-state index contributed by atoms with van der Waals surface area (Å²) in [4.78, 5) is 5.08. The van der Waals surface area contributed by atoms with E-state index in [2.05, 4.69) is 321 Å². The molecular formula is C81H61BN4. The Bertz CT molecular complexity index is 5090. The van der Waals surface area contributed by atoms with E-state index >= 15 is 0 Å². The summed E-state index contributed by atoms with van der Waals surface area (Å²) in [6, 6.07) is 99.5. The van der Waals surface area contributed by atoms with Crippen molar-refractivity contribution in [3.05, 3.63) is 294 Å². The highest BCUT2D eigenvalue weighted by atomic mass is 15.2. The number of rotatable bonds is 5. The smallest absolute Gasteiger partial charge is 0.252 e. The molecule has 0 saturated carbocycles. The van der Waals surface area contributed by atoms with Crippen molar-refractivity contribution < 1.29 is 0 Å². The van der Waals surface area contributed by atoms with Crippen LogP contribution in [0.2, 0.25) is 0 Å². The van der Waals surface area contributed by atoms with Gasteiger partial charge < -0.3 is 18.9 Å². The maximum Gasteiger partial charge on any atom is 0.252 e. The molecule has 0 unspecified atom stereocenters. The number of para-hydroxylation sites is 5. The molecule has 12 aromatic carbocycles. The minimum Gasteiger partial charge on any atom is -0.311 e. The molecule has 0 radical (unpaired) electrons. The molecule has 2 aliphatic carbocycles. The summed E-state index contributed by atoms with van der Waals surface area (Å²) in [7, 11) is 0. The van der Waals surface area contributed by atoms with Crippen LogP contribution in [0.3, 0.4) is 0 Å². The highest BCUT2D eigenvalue weighted by Crippen LogP contribution is 2.64. The molecule has 0 atom stereocenters.